The first kappa shape index (κ1) is 15.8. The second-order valence-electron chi connectivity index (χ2n) is 4.75. The van der Waals surface area contributed by atoms with Gasteiger partial charge < -0.3 is 5.32 Å². The molecule has 0 heterocycles. The highest BCUT2D eigenvalue weighted by Crippen LogP contribution is 2.25. The number of hydrogen-bond acceptors (Lipinski definition) is 2. The van der Waals surface area contributed by atoms with Gasteiger partial charge in [-0.2, -0.15) is 0 Å². The van der Waals surface area contributed by atoms with Crippen molar-refractivity contribution in [2.75, 3.05) is 7.05 Å². The van der Waals surface area contributed by atoms with Crippen LogP contribution in [0.2, 0.25) is 0 Å². The Labute approximate surface area is 125 Å². The number of nitrogens with one attached hydrogen (secondary N) is 1. The van der Waals surface area contributed by atoms with E-state index in [1.165, 1.54) is 6.07 Å². The molecule has 3 atom stereocenters. The zero-order chi connectivity index (χ0) is 15.4. The quantitative estimate of drug-likeness (QED) is 0.917. The minimum absolute atomic E-state index is 0.0279. The fourth-order valence-electron chi connectivity index (χ4n) is 2.30. The first-order valence-electron chi connectivity index (χ1n) is 6.62. The summed E-state index contributed by atoms with van der Waals surface area (Å²) in [5.74, 6) is -1.45. The fourth-order valence-corrected chi connectivity index (χ4v) is 3.69. The number of rotatable bonds is 5. The standard InChI is InChI=1S/C16H17F2NOS/c1-11(16(19-2)12-6-4-3-5-7-12)21(20)15-9-8-13(17)10-14(15)18/h3-11,16,19H,1-2H3. The Morgan fingerprint density at radius 3 is 2.33 bits per heavy atom. The van der Waals surface area contributed by atoms with Crippen molar-refractivity contribution in [3.05, 3.63) is 65.7 Å². The van der Waals surface area contributed by atoms with Crippen molar-refractivity contribution in [2.24, 2.45) is 0 Å². The smallest absolute Gasteiger partial charge is 0.142 e. The van der Waals surface area contributed by atoms with Crippen LogP contribution >= 0.6 is 0 Å². The number of benzene rings is 2. The molecule has 0 saturated heterocycles. The molecule has 0 aliphatic rings. The Bertz CT molecular complexity index is 633. The Morgan fingerprint density at radius 1 is 1.10 bits per heavy atom. The summed E-state index contributed by atoms with van der Waals surface area (Å²) in [5.41, 5.74) is 0.975. The molecule has 2 aromatic rings. The predicted octanol–water partition coefficient (Wildman–Crippen LogP) is 3.42. The third kappa shape index (κ3) is 3.54. The van der Waals surface area contributed by atoms with Gasteiger partial charge in [0.05, 0.1) is 20.9 Å². The first-order valence-corrected chi connectivity index (χ1v) is 7.83. The molecule has 0 fully saturated rings. The number of hydrogen-bond donors (Lipinski definition) is 1. The van der Waals surface area contributed by atoms with Crippen LogP contribution in [-0.4, -0.2) is 16.5 Å². The predicted molar refractivity (Wildman–Crippen MR) is 80.5 cm³/mol. The Kier molecular flexibility index (Phi) is 5.20. The summed E-state index contributed by atoms with van der Waals surface area (Å²) in [6, 6.07) is 12.5. The lowest BCUT2D eigenvalue weighted by Crippen LogP contribution is -2.31. The van der Waals surface area contributed by atoms with Gasteiger partial charge in [0, 0.05) is 12.1 Å². The van der Waals surface area contributed by atoms with Crippen LogP contribution < -0.4 is 5.32 Å². The molecule has 0 aliphatic carbocycles. The monoisotopic (exact) mass is 309 g/mol. The van der Waals surface area contributed by atoms with E-state index in [9.17, 15) is 13.0 Å². The SMILES string of the molecule is CNC(c1ccccc1)C(C)S(=O)c1ccc(F)cc1F. The molecule has 0 amide bonds. The van der Waals surface area contributed by atoms with Gasteiger partial charge in [-0.25, -0.2) is 8.78 Å². The third-order valence-corrected chi connectivity index (χ3v) is 5.10. The highest BCUT2D eigenvalue weighted by Gasteiger charge is 2.25. The molecular formula is C16H17F2NOS. The summed E-state index contributed by atoms with van der Waals surface area (Å²) in [6.45, 7) is 1.78. The molecule has 0 aliphatic heterocycles. The average Bonchev–Trinajstić information content (AvgIpc) is 2.48. The van der Waals surface area contributed by atoms with Crippen molar-refractivity contribution in [3.63, 3.8) is 0 Å². The topological polar surface area (TPSA) is 29.1 Å². The van der Waals surface area contributed by atoms with Crippen molar-refractivity contribution in [3.8, 4) is 0 Å². The van der Waals surface area contributed by atoms with E-state index in [0.717, 1.165) is 17.7 Å². The van der Waals surface area contributed by atoms with E-state index in [4.69, 9.17) is 0 Å². The second-order valence-corrected chi connectivity index (χ2v) is 6.53. The summed E-state index contributed by atoms with van der Waals surface area (Å²) in [5, 5.41) is 2.75. The normalized spacial score (nSPS) is 15.4. The third-order valence-electron chi connectivity index (χ3n) is 3.39. The lowest BCUT2D eigenvalue weighted by molar-refractivity contribution is 0.549. The molecule has 2 aromatic carbocycles. The van der Waals surface area contributed by atoms with Gasteiger partial charge in [-0.05, 0) is 31.7 Å². The van der Waals surface area contributed by atoms with E-state index in [2.05, 4.69) is 5.32 Å². The van der Waals surface area contributed by atoms with Gasteiger partial charge in [-0.3, -0.25) is 4.21 Å². The van der Waals surface area contributed by atoms with Crippen LogP contribution in [0, 0.1) is 11.6 Å². The summed E-state index contributed by atoms with van der Waals surface area (Å²) in [7, 11) is 0.188. The zero-order valence-electron chi connectivity index (χ0n) is 11.8. The minimum atomic E-state index is -1.58. The Morgan fingerprint density at radius 2 is 1.76 bits per heavy atom. The summed E-state index contributed by atoms with van der Waals surface area (Å²) in [4.78, 5) is 0.0279. The van der Waals surface area contributed by atoms with Crippen LogP contribution in [-0.2, 0) is 10.8 Å². The van der Waals surface area contributed by atoms with Gasteiger partial charge in [-0.15, -0.1) is 0 Å². The van der Waals surface area contributed by atoms with Gasteiger partial charge in [0.1, 0.15) is 11.6 Å². The maximum atomic E-state index is 13.8. The fraction of sp³-hybridized carbons (Fsp3) is 0.250. The van der Waals surface area contributed by atoms with E-state index in [-0.39, 0.29) is 16.2 Å². The maximum absolute atomic E-state index is 13.8. The Balaban J connectivity index is 2.29. The molecule has 0 saturated carbocycles. The van der Waals surface area contributed by atoms with Gasteiger partial charge >= 0.3 is 0 Å². The molecule has 0 aromatic heterocycles. The number of halogens is 2. The minimum Gasteiger partial charge on any atom is -0.312 e. The maximum Gasteiger partial charge on any atom is 0.142 e. The molecule has 112 valence electrons. The van der Waals surface area contributed by atoms with Crippen molar-refractivity contribution in [2.45, 2.75) is 23.1 Å². The average molecular weight is 309 g/mol. The van der Waals surface area contributed by atoms with E-state index in [1.807, 2.05) is 30.3 Å². The molecule has 0 spiro atoms. The van der Waals surface area contributed by atoms with Crippen molar-refractivity contribution >= 4 is 10.8 Å². The van der Waals surface area contributed by atoms with Crippen LogP contribution in [0.4, 0.5) is 8.78 Å². The molecule has 3 unspecified atom stereocenters. The second kappa shape index (κ2) is 6.91. The highest BCUT2D eigenvalue weighted by molar-refractivity contribution is 7.85. The molecule has 21 heavy (non-hydrogen) atoms. The first-order chi connectivity index (χ1) is 10.0. The van der Waals surface area contributed by atoms with Gasteiger partial charge in [0.2, 0.25) is 0 Å². The van der Waals surface area contributed by atoms with Crippen LogP contribution in [0.25, 0.3) is 0 Å². The zero-order valence-corrected chi connectivity index (χ0v) is 12.7. The van der Waals surface area contributed by atoms with E-state index < -0.39 is 22.4 Å². The Hall–Kier alpha value is -1.59. The van der Waals surface area contributed by atoms with Gasteiger partial charge in [-0.1, -0.05) is 30.3 Å². The van der Waals surface area contributed by atoms with Gasteiger partial charge in [0.25, 0.3) is 0 Å². The molecule has 1 N–H and O–H groups in total. The lowest BCUT2D eigenvalue weighted by Gasteiger charge is -2.23. The summed E-state index contributed by atoms with van der Waals surface area (Å²) < 4.78 is 39.3. The molecule has 5 heteroatoms. The van der Waals surface area contributed by atoms with Crippen LogP contribution in [0.5, 0.6) is 0 Å². The summed E-state index contributed by atoms with van der Waals surface area (Å²) >= 11 is 0. The largest absolute Gasteiger partial charge is 0.312 e. The van der Waals surface area contributed by atoms with Crippen molar-refractivity contribution in [1.29, 1.82) is 0 Å². The molecular weight excluding hydrogens is 292 g/mol. The molecule has 2 rings (SSSR count). The van der Waals surface area contributed by atoms with Crippen LogP contribution in [0.15, 0.2) is 53.4 Å². The molecule has 2 nitrogen and oxygen atoms in total. The van der Waals surface area contributed by atoms with Crippen molar-refractivity contribution < 1.29 is 13.0 Å². The summed E-state index contributed by atoms with van der Waals surface area (Å²) in [6.07, 6.45) is 0. The van der Waals surface area contributed by atoms with E-state index in [1.54, 1.807) is 14.0 Å². The van der Waals surface area contributed by atoms with Crippen molar-refractivity contribution in [1.82, 2.24) is 5.32 Å². The van der Waals surface area contributed by atoms with Crippen LogP contribution in [0.1, 0.15) is 18.5 Å². The van der Waals surface area contributed by atoms with E-state index in [0.29, 0.717) is 0 Å². The highest BCUT2D eigenvalue weighted by atomic mass is 32.2. The lowest BCUT2D eigenvalue weighted by atomic mass is 10.0. The molecule has 0 radical (unpaired) electrons. The van der Waals surface area contributed by atoms with Crippen LogP contribution in [0.3, 0.4) is 0 Å². The van der Waals surface area contributed by atoms with E-state index >= 15 is 0 Å². The van der Waals surface area contributed by atoms with Gasteiger partial charge in [0.15, 0.2) is 0 Å². The molecule has 0 bridgehead atoms.